The van der Waals surface area contributed by atoms with Gasteiger partial charge in [0.2, 0.25) is 0 Å². The van der Waals surface area contributed by atoms with Crippen LogP contribution < -0.4 is 0 Å². The normalized spacial score (nSPS) is 20.2. The van der Waals surface area contributed by atoms with E-state index in [9.17, 15) is 39.5 Å². The lowest BCUT2D eigenvalue weighted by Gasteiger charge is -2.26. The van der Waals surface area contributed by atoms with Gasteiger partial charge in [0.15, 0.2) is 17.7 Å². The molecule has 16 heavy (non-hydrogen) atoms. The van der Waals surface area contributed by atoms with E-state index in [0.29, 0.717) is 0 Å². The summed E-state index contributed by atoms with van der Waals surface area (Å²) in [7, 11) is -4.11. The van der Waals surface area contributed by atoms with E-state index in [2.05, 4.69) is 0 Å². The van der Waals surface area contributed by atoms with E-state index in [0.717, 1.165) is 0 Å². The highest BCUT2D eigenvalue weighted by molar-refractivity contribution is 7.59. The maximum atomic E-state index is 12.5. The van der Waals surface area contributed by atoms with Crippen LogP contribution >= 0.6 is 7.92 Å². The van der Waals surface area contributed by atoms with Gasteiger partial charge < -0.3 is 0 Å². The van der Waals surface area contributed by atoms with Gasteiger partial charge in [-0.05, 0) is 0 Å². The molecule has 3 unspecified atom stereocenters. The minimum Gasteiger partial charge on any atom is -0.236 e. The highest BCUT2D eigenvalue weighted by atomic mass is 31.1. The number of hydrogen-bond acceptors (Lipinski definition) is 0. The Balaban J connectivity index is 4.89. The molecular formula is C6H6F9P. The van der Waals surface area contributed by atoms with Gasteiger partial charge in [-0.1, -0.05) is 0 Å². The molecule has 0 nitrogen and oxygen atoms in total. The second-order valence-corrected chi connectivity index (χ2v) is 4.94. The van der Waals surface area contributed by atoms with E-state index >= 15 is 0 Å². The van der Waals surface area contributed by atoms with Crippen molar-refractivity contribution in [3.63, 3.8) is 0 Å². The number of hydrogen-bond donors (Lipinski definition) is 0. The molecule has 0 radical (unpaired) electrons. The Kier molecular flexibility index (Phi) is 6.43. The minimum atomic E-state index is -4.11. The molecule has 0 amide bonds. The van der Waals surface area contributed by atoms with Crippen LogP contribution in [-0.4, -0.2) is 37.0 Å². The van der Waals surface area contributed by atoms with E-state index in [4.69, 9.17) is 0 Å². The zero-order chi connectivity index (χ0) is 13.0. The van der Waals surface area contributed by atoms with Crippen molar-refractivity contribution in [2.45, 2.75) is 37.0 Å². The van der Waals surface area contributed by atoms with Crippen LogP contribution in [-0.2, 0) is 0 Å². The topological polar surface area (TPSA) is 0 Å². The molecule has 10 heteroatoms. The van der Waals surface area contributed by atoms with E-state index < -0.39 is 44.9 Å². The van der Waals surface area contributed by atoms with Crippen LogP contribution in [0.3, 0.4) is 0 Å². The Bertz CT molecular complexity index is 165. The number of alkyl halides is 9. The van der Waals surface area contributed by atoms with Gasteiger partial charge in [0.05, 0.1) is 0 Å². The summed E-state index contributed by atoms with van der Waals surface area (Å²) in [6.45, 7) is 0. The number of halogens is 9. The quantitative estimate of drug-likeness (QED) is 0.506. The molecule has 0 fully saturated rings. The summed E-state index contributed by atoms with van der Waals surface area (Å²) in [6, 6.07) is 0. The molecule has 0 aromatic carbocycles. The molecular weight excluding hydrogens is 274 g/mol. The summed E-state index contributed by atoms with van der Waals surface area (Å²) in [5.41, 5.74) is 0. The molecule has 0 aromatic heterocycles. The van der Waals surface area contributed by atoms with Crippen molar-refractivity contribution in [3.8, 4) is 0 Å². The molecule has 0 aliphatic carbocycles. The highest BCUT2D eigenvalue weighted by Gasteiger charge is 2.48. The fourth-order valence-electron chi connectivity index (χ4n) is 0.798. The molecule has 0 rings (SSSR count). The highest BCUT2D eigenvalue weighted by Crippen LogP contribution is 2.57. The fourth-order valence-corrected chi connectivity index (χ4v) is 2.40. The average molecular weight is 280 g/mol. The first-order valence-corrected chi connectivity index (χ1v) is 5.29. The Hall–Kier alpha value is -0.200. The van der Waals surface area contributed by atoms with Crippen molar-refractivity contribution in [1.82, 2.24) is 0 Å². The molecule has 0 saturated heterocycles. The molecule has 98 valence electrons. The average Bonchev–Trinajstić information content (AvgIpc) is 2.16. The zero-order valence-electron chi connectivity index (χ0n) is 7.31. The Morgan fingerprint density at radius 2 is 0.625 bits per heavy atom. The fraction of sp³-hybridized carbons (Fsp3) is 1.00. The van der Waals surface area contributed by atoms with Crippen LogP contribution in [0.25, 0.3) is 0 Å². The second kappa shape index (κ2) is 6.51. The Morgan fingerprint density at radius 3 is 0.750 bits per heavy atom. The maximum Gasteiger partial charge on any atom is 0.273 e. The van der Waals surface area contributed by atoms with Crippen molar-refractivity contribution < 1.29 is 39.5 Å². The maximum absolute atomic E-state index is 12.5. The molecule has 0 N–H and O–H groups in total. The Labute approximate surface area is 85.6 Å². The summed E-state index contributed by atoms with van der Waals surface area (Å²) in [5, 5.41) is 0. The van der Waals surface area contributed by atoms with E-state index in [1.165, 1.54) is 0 Å². The number of rotatable bonds is 6. The van der Waals surface area contributed by atoms with Gasteiger partial charge in [0.25, 0.3) is 19.3 Å². The third-order valence-corrected chi connectivity index (χ3v) is 3.86. The van der Waals surface area contributed by atoms with E-state index in [1.807, 2.05) is 0 Å². The first-order chi connectivity index (χ1) is 7.20. The van der Waals surface area contributed by atoms with Gasteiger partial charge in [-0.15, -0.1) is 0 Å². The standard InChI is InChI=1S/C6H6F9P/c7-1(8)4(13)16(5(14)2(9)10)6(15)3(11)12/h1-6H. The van der Waals surface area contributed by atoms with Crippen molar-refractivity contribution in [1.29, 1.82) is 0 Å². The SMILES string of the molecule is FC(F)C(F)P(C(F)C(F)F)C(F)C(F)F. The van der Waals surface area contributed by atoms with Gasteiger partial charge in [-0.3, -0.25) is 0 Å². The van der Waals surface area contributed by atoms with E-state index in [1.54, 1.807) is 0 Å². The van der Waals surface area contributed by atoms with Crippen LogP contribution in [0.2, 0.25) is 0 Å². The van der Waals surface area contributed by atoms with Crippen molar-refractivity contribution in [2.75, 3.05) is 0 Å². The molecule has 3 atom stereocenters. The van der Waals surface area contributed by atoms with Crippen molar-refractivity contribution in [3.05, 3.63) is 0 Å². The monoisotopic (exact) mass is 280 g/mol. The van der Waals surface area contributed by atoms with E-state index in [-0.39, 0.29) is 0 Å². The van der Waals surface area contributed by atoms with Gasteiger partial charge in [-0.25, -0.2) is 39.5 Å². The third kappa shape index (κ3) is 3.99. The van der Waals surface area contributed by atoms with Gasteiger partial charge in [0, 0.05) is 7.92 Å². The predicted octanol–water partition coefficient (Wildman–Crippen LogP) is 4.15. The van der Waals surface area contributed by atoms with Crippen molar-refractivity contribution in [2.24, 2.45) is 0 Å². The first kappa shape index (κ1) is 15.8. The van der Waals surface area contributed by atoms with Gasteiger partial charge >= 0.3 is 0 Å². The van der Waals surface area contributed by atoms with Crippen LogP contribution in [0, 0.1) is 0 Å². The van der Waals surface area contributed by atoms with Crippen LogP contribution in [0.1, 0.15) is 0 Å². The molecule has 0 aliphatic heterocycles. The van der Waals surface area contributed by atoms with Gasteiger partial charge in [0.1, 0.15) is 0 Å². The molecule has 0 saturated carbocycles. The van der Waals surface area contributed by atoms with Crippen LogP contribution in [0.15, 0.2) is 0 Å². The first-order valence-electron chi connectivity index (χ1n) is 3.74. The van der Waals surface area contributed by atoms with Crippen LogP contribution in [0.5, 0.6) is 0 Å². The lowest BCUT2D eigenvalue weighted by Crippen LogP contribution is -2.28. The third-order valence-electron chi connectivity index (χ3n) is 1.48. The molecule has 0 aliphatic rings. The molecule has 0 spiro atoms. The molecule has 0 bridgehead atoms. The molecule has 0 heterocycles. The smallest absolute Gasteiger partial charge is 0.236 e. The molecule has 0 aromatic rings. The largest absolute Gasteiger partial charge is 0.273 e. The summed E-state index contributed by atoms with van der Waals surface area (Å²) in [4.78, 5) is 0. The zero-order valence-corrected chi connectivity index (χ0v) is 8.21. The predicted molar refractivity (Wildman–Crippen MR) is 39.6 cm³/mol. The lowest BCUT2D eigenvalue weighted by atomic mass is 10.8. The summed E-state index contributed by atoms with van der Waals surface area (Å²) >= 11 is 0. The van der Waals surface area contributed by atoms with Crippen LogP contribution in [0.4, 0.5) is 39.5 Å². The van der Waals surface area contributed by atoms with Gasteiger partial charge in [-0.2, -0.15) is 0 Å². The Morgan fingerprint density at radius 1 is 0.438 bits per heavy atom. The summed E-state index contributed by atoms with van der Waals surface area (Å²) < 4.78 is 108. The lowest BCUT2D eigenvalue weighted by molar-refractivity contribution is 0.0565. The van der Waals surface area contributed by atoms with Crippen molar-refractivity contribution >= 4 is 7.92 Å². The summed E-state index contributed by atoms with van der Waals surface area (Å²) in [6.07, 6.45) is -12.0. The minimum absolute atomic E-state index is 3.65. The second-order valence-electron chi connectivity index (χ2n) is 2.57. The summed E-state index contributed by atoms with van der Waals surface area (Å²) in [5.74, 6) is -11.0.